The zero-order valence-electron chi connectivity index (χ0n) is 17.8. The van der Waals surface area contributed by atoms with E-state index in [0.29, 0.717) is 25.5 Å². The first-order chi connectivity index (χ1) is 15.7. The maximum atomic E-state index is 13.5. The van der Waals surface area contributed by atoms with E-state index in [1.807, 2.05) is 39.8 Å². The van der Waals surface area contributed by atoms with Gasteiger partial charge in [0.25, 0.3) is 5.91 Å². The minimum Gasteiger partial charge on any atom is -0.333 e. The summed E-state index contributed by atoms with van der Waals surface area (Å²) in [6.45, 7) is 4.37. The summed E-state index contributed by atoms with van der Waals surface area (Å²) in [5.41, 5.74) is 3.91. The Bertz CT molecular complexity index is 1210. The third-order valence-corrected chi connectivity index (χ3v) is 6.01. The predicted molar refractivity (Wildman–Crippen MR) is 123 cm³/mol. The lowest BCUT2D eigenvalue weighted by Crippen LogP contribution is -2.48. The van der Waals surface area contributed by atoms with E-state index in [4.69, 9.17) is 0 Å². The highest BCUT2D eigenvalue weighted by molar-refractivity contribution is 5.95. The standard InChI is InChI=1S/C26H25FN4O/c27-22-12-10-21(11-13-22)19-31-24-9-5-4-8-23(24)28-25(31)26(32)30-16-14-29(15-17-30)18-20-6-2-1-3-7-20/h1-13H,14-19H2. The fourth-order valence-electron chi connectivity index (χ4n) is 4.26. The molecule has 0 spiro atoms. The third kappa shape index (κ3) is 4.27. The minimum absolute atomic E-state index is 0.0531. The molecule has 6 heteroatoms. The second-order valence-electron chi connectivity index (χ2n) is 8.19. The maximum Gasteiger partial charge on any atom is 0.289 e. The zero-order valence-corrected chi connectivity index (χ0v) is 17.8. The van der Waals surface area contributed by atoms with E-state index in [2.05, 4.69) is 34.1 Å². The van der Waals surface area contributed by atoms with E-state index in [1.165, 1.54) is 17.7 Å². The smallest absolute Gasteiger partial charge is 0.289 e. The molecule has 1 aliphatic heterocycles. The average molecular weight is 429 g/mol. The number of amides is 1. The summed E-state index contributed by atoms with van der Waals surface area (Å²) in [6.07, 6.45) is 0. The van der Waals surface area contributed by atoms with Crippen molar-refractivity contribution in [1.29, 1.82) is 0 Å². The number of hydrogen-bond acceptors (Lipinski definition) is 3. The van der Waals surface area contributed by atoms with Crippen molar-refractivity contribution in [1.82, 2.24) is 19.4 Å². The van der Waals surface area contributed by atoms with Crippen molar-refractivity contribution in [3.63, 3.8) is 0 Å². The largest absolute Gasteiger partial charge is 0.333 e. The Morgan fingerprint density at radius 1 is 0.781 bits per heavy atom. The zero-order chi connectivity index (χ0) is 21.9. The first-order valence-electron chi connectivity index (χ1n) is 10.9. The van der Waals surface area contributed by atoms with E-state index in [0.717, 1.165) is 36.2 Å². The van der Waals surface area contributed by atoms with Crippen molar-refractivity contribution < 1.29 is 9.18 Å². The monoisotopic (exact) mass is 428 g/mol. The fourth-order valence-corrected chi connectivity index (χ4v) is 4.26. The van der Waals surface area contributed by atoms with E-state index in [-0.39, 0.29) is 11.7 Å². The molecule has 0 bridgehead atoms. The van der Waals surface area contributed by atoms with Gasteiger partial charge in [0, 0.05) is 39.3 Å². The molecule has 2 heterocycles. The van der Waals surface area contributed by atoms with Crippen LogP contribution in [0.2, 0.25) is 0 Å². The minimum atomic E-state index is -0.270. The normalized spacial score (nSPS) is 14.7. The molecule has 0 aliphatic carbocycles. The molecular formula is C26H25FN4O. The number of nitrogens with zero attached hydrogens (tertiary/aromatic N) is 4. The summed E-state index contributed by atoms with van der Waals surface area (Å²) in [6, 6.07) is 24.6. The molecule has 5 nitrogen and oxygen atoms in total. The lowest BCUT2D eigenvalue weighted by atomic mass is 10.2. The summed E-state index contributed by atoms with van der Waals surface area (Å²) in [5, 5.41) is 0. The van der Waals surface area contributed by atoms with E-state index in [1.54, 1.807) is 12.1 Å². The van der Waals surface area contributed by atoms with Crippen LogP contribution in [0.25, 0.3) is 11.0 Å². The number of hydrogen-bond donors (Lipinski definition) is 0. The van der Waals surface area contributed by atoms with Gasteiger partial charge in [-0.25, -0.2) is 9.37 Å². The molecular weight excluding hydrogens is 403 g/mol. The molecule has 0 saturated carbocycles. The Kier molecular flexibility index (Phi) is 5.69. The molecule has 3 aromatic carbocycles. The number of aromatic nitrogens is 2. The summed E-state index contributed by atoms with van der Waals surface area (Å²) in [5.74, 6) is 0.114. The number of halogens is 1. The van der Waals surface area contributed by atoms with Crippen molar-refractivity contribution in [2.24, 2.45) is 0 Å². The molecule has 0 unspecified atom stereocenters. The predicted octanol–water partition coefficient (Wildman–Crippen LogP) is 4.18. The highest BCUT2D eigenvalue weighted by atomic mass is 19.1. The van der Waals surface area contributed by atoms with Gasteiger partial charge in [-0.3, -0.25) is 9.69 Å². The number of rotatable bonds is 5. The molecule has 1 amide bonds. The molecule has 0 N–H and O–H groups in total. The fraction of sp³-hybridized carbons (Fsp3) is 0.231. The second-order valence-corrected chi connectivity index (χ2v) is 8.19. The van der Waals surface area contributed by atoms with Gasteiger partial charge in [0.1, 0.15) is 5.82 Å². The lowest BCUT2D eigenvalue weighted by molar-refractivity contribution is 0.0613. The van der Waals surface area contributed by atoms with Gasteiger partial charge in [0.15, 0.2) is 0 Å². The van der Waals surface area contributed by atoms with Gasteiger partial charge in [0.05, 0.1) is 11.0 Å². The number of para-hydroxylation sites is 2. The Balaban J connectivity index is 1.35. The van der Waals surface area contributed by atoms with Crippen molar-refractivity contribution in [2.75, 3.05) is 26.2 Å². The topological polar surface area (TPSA) is 41.4 Å². The Morgan fingerprint density at radius 3 is 2.19 bits per heavy atom. The van der Waals surface area contributed by atoms with Crippen molar-refractivity contribution >= 4 is 16.9 Å². The molecule has 1 aromatic heterocycles. The van der Waals surface area contributed by atoms with Crippen LogP contribution in [0.15, 0.2) is 78.9 Å². The summed E-state index contributed by atoms with van der Waals surface area (Å²) < 4.78 is 15.3. The molecule has 1 aliphatic rings. The van der Waals surface area contributed by atoms with Crippen LogP contribution in [-0.4, -0.2) is 51.4 Å². The molecule has 0 atom stereocenters. The van der Waals surface area contributed by atoms with Crippen molar-refractivity contribution in [3.8, 4) is 0 Å². The summed E-state index contributed by atoms with van der Waals surface area (Å²) >= 11 is 0. The van der Waals surface area contributed by atoms with Crippen LogP contribution in [0.5, 0.6) is 0 Å². The summed E-state index contributed by atoms with van der Waals surface area (Å²) in [4.78, 5) is 22.4. The highest BCUT2D eigenvalue weighted by Gasteiger charge is 2.26. The Morgan fingerprint density at radius 2 is 1.44 bits per heavy atom. The van der Waals surface area contributed by atoms with Gasteiger partial charge >= 0.3 is 0 Å². The van der Waals surface area contributed by atoms with Crippen LogP contribution in [-0.2, 0) is 13.1 Å². The number of carbonyl (C=O) groups excluding carboxylic acids is 1. The van der Waals surface area contributed by atoms with E-state index in [9.17, 15) is 9.18 Å². The molecule has 162 valence electrons. The van der Waals surface area contributed by atoms with Gasteiger partial charge in [0.2, 0.25) is 5.82 Å². The molecule has 0 radical (unpaired) electrons. The van der Waals surface area contributed by atoms with Crippen LogP contribution in [0.1, 0.15) is 21.7 Å². The Hall–Kier alpha value is -3.51. The van der Waals surface area contributed by atoms with Crippen molar-refractivity contribution in [3.05, 3.63) is 102 Å². The number of piperazine rings is 1. The van der Waals surface area contributed by atoms with Gasteiger partial charge in [-0.1, -0.05) is 54.6 Å². The first-order valence-corrected chi connectivity index (χ1v) is 10.9. The SMILES string of the molecule is O=C(c1nc2ccccc2n1Cc1ccc(F)cc1)N1CCN(Cc2ccccc2)CC1. The molecule has 1 fully saturated rings. The number of fused-ring (bicyclic) bond motifs is 1. The molecule has 4 aromatic rings. The molecule has 32 heavy (non-hydrogen) atoms. The highest BCUT2D eigenvalue weighted by Crippen LogP contribution is 2.20. The van der Waals surface area contributed by atoms with Crippen LogP contribution in [0.4, 0.5) is 4.39 Å². The summed E-state index contributed by atoms with van der Waals surface area (Å²) in [7, 11) is 0. The number of benzene rings is 3. The third-order valence-electron chi connectivity index (χ3n) is 6.01. The van der Waals surface area contributed by atoms with Gasteiger partial charge in [-0.15, -0.1) is 0 Å². The molecule has 1 saturated heterocycles. The Labute approximate surface area is 186 Å². The quantitative estimate of drug-likeness (QED) is 0.479. The number of carbonyl (C=O) groups is 1. The van der Waals surface area contributed by atoms with E-state index >= 15 is 0 Å². The van der Waals surface area contributed by atoms with Crippen LogP contribution in [0.3, 0.4) is 0 Å². The second kappa shape index (κ2) is 8.93. The van der Waals surface area contributed by atoms with Gasteiger partial charge in [-0.2, -0.15) is 0 Å². The van der Waals surface area contributed by atoms with E-state index < -0.39 is 0 Å². The number of imidazole rings is 1. The van der Waals surface area contributed by atoms with Crippen LogP contribution in [0, 0.1) is 5.82 Å². The first kappa shape index (κ1) is 20.4. The average Bonchev–Trinajstić information content (AvgIpc) is 3.19. The van der Waals surface area contributed by atoms with Gasteiger partial charge < -0.3 is 9.47 Å². The maximum absolute atomic E-state index is 13.5. The van der Waals surface area contributed by atoms with Crippen LogP contribution >= 0.6 is 0 Å². The molecule has 5 rings (SSSR count). The lowest BCUT2D eigenvalue weighted by Gasteiger charge is -2.34. The van der Waals surface area contributed by atoms with Gasteiger partial charge in [-0.05, 0) is 35.4 Å². The van der Waals surface area contributed by atoms with Crippen LogP contribution < -0.4 is 0 Å². The van der Waals surface area contributed by atoms with Crippen molar-refractivity contribution in [2.45, 2.75) is 13.1 Å².